The summed E-state index contributed by atoms with van der Waals surface area (Å²) in [7, 11) is 0. The van der Waals surface area contributed by atoms with Crippen LogP contribution in [0.1, 0.15) is 32.3 Å². The number of hydrogen-bond acceptors (Lipinski definition) is 2. The first kappa shape index (κ1) is 14.4. The summed E-state index contributed by atoms with van der Waals surface area (Å²) in [6.45, 7) is 5.72. The molecule has 0 aromatic heterocycles. The molecule has 0 radical (unpaired) electrons. The van der Waals surface area contributed by atoms with Gasteiger partial charge in [-0.05, 0) is 44.0 Å². The van der Waals surface area contributed by atoms with Crippen LogP contribution in [0.4, 0.5) is 0 Å². The molecule has 0 unspecified atom stereocenters. The van der Waals surface area contributed by atoms with Gasteiger partial charge in [-0.2, -0.15) is 0 Å². The molecule has 3 nitrogen and oxygen atoms in total. The number of carbonyl (C=O) groups excluding carboxylic acids is 1. The van der Waals surface area contributed by atoms with E-state index < -0.39 is 0 Å². The summed E-state index contributed by atoms with van der Waals surface area (Å²) in [6, 6.07) is 7.93. The smallest absolute Gasteiger partial charge is 0.230 e. The minimum atomic E-state index is -0.309. The predicted octanol–water partition coefficient (Wildman–Crippen LogP) is 2.49. The zero-order chi connectivity index (χ0) is 13.9. The molecular weight excluding hydrogens is 260 g/mol. The van der Waals surface area contributed by atoms with Gasteiger partial charge in [0.15, 0.2) is 0 Å². The number of nitrogens with one attached hydrogen (secondary N) is 2. The van der Waals surface area contributed by atoms with Crippen LogP contribution in [0.25, 0.3) is 0 Å². The van der Waals surface area contributed by atoms with Gasteiger partial charge in [-0.1, -0.05) is 30.7 Å². The summed E-state index contributed by atoms with van der Waals surface area (Å²) in [6.07, 6.45) is 1.85. The monoisotopic (exact) mass is 280 g/mol. The molecule has 4 heteroatoms. The topological polar surface area (TPSA) is 41.1 Å². The van der Waals surface area contributed by atoms with E-state index in [1.807, 2.05) is 24.3 Å². The molecule has 0 heterocycles. The van der Waals surface area contributed by atoms with Crippen molar-refractivity contribution in [2.45, 2.75) is 38.1 Å². The van der Waals surface area contributed by atoms with Gasteiger partial charge in [0.1, 0.15) is 0 Å². The highest BCUT2D eigenvalue weighted by atomic mass is 35.5. The number of rotatable bonds is 6. The van der Waals surface area contributed by atoms with Crippen molar-refractivity contribution < 1.29 is 4.79 Å². The molecule has 0 spiro atoms. The first-order chi connectivity index (χ1) is 9.08. The lowest BCUT2D eigenvalue weighted by atomic mass is 9.95. The molecule has 1 saturated carbocycles. The molecule has 1 atom stereocenters. The standard InChI is InChI=1S/C15H21ClN2O/c1-3-17-11(2)10-18-14(19)15(8-9-15)12-4-6-13(16)7-5-12/h4-7,11,17H,3,8-10H2,1-2H3,(H,18,19)/t11-/m1/s1. The van der Waals surface area contributed by atoms with E-state index in [2.05, 4.69) is 24.5 Å². The van der Waals surface area contributed by atoms with Gasteiger partial charge in [0.05, 0.1) is 5.41 Å². The number of amides is 1. The quantitative estimate of drug-likeness (QED) is 0.841. The Balaban J connectivity index is 1.96. The van der Waals surface area contributed by atoms with Crippen molar-refractivity contribution in [3.63, 3.8) is 0 Å². The molecule has 1 aromatic rings. The largest absolute Gasteiger partial charge is 0.354 e. The fourth-order valence-electron chi connectivity index (χ4n) is 2.38. The highest BCUT2D eigenvalue weighted by molar-refractivity contribution is 6.30. The van der Waals surface area contributed by atoms with Crippen LogP contribution in [0, 0.1) is 0 Å². The predicted molar refractivity (Wildman–Crippen MR) is 78.5 cm³/mol. The zero-order valence-corrected chi connectivity index (χ0v) is 12.3. The van der Waals surface area contributed by atoms with Crippen molar-refractivity contribution in [1.82, 2.24) is 10.6 Å². The average Bonchev–Trinajstić information content (AvgIpc) is 3.19. The summed E-state index contributed by atoms with van der Waals surface area (Å²) in [5.41, 5.74) is 0.766. The Hall–Kier alpha value is -1.06. The van der Waals surface area contributed by atoms with Gasteiger partial charge >= 0.3 is 0 Å². The molecule has 1 amide bonds. The Morgan fingerprint density at radius 1 is 1.37 bits per heavy atom. The van der Waals surface area contributed by atoms with Gasteiger partial charge in [0, 0.05) is 17.6 Å². The second kappa shape index (κ2) is 5.93. The maximum Gasteiger partial charge on any atom is 0.230 e. The Morgan fingerprint density at radius 2 is 2.00 bits per heavy atom. The normalized spacial score (nSPS) is 17.8. The Morgan fingerprint density at radius 3 is 2.53 bits per heavy atom. The third kappa shape index (κ3) is 3.28. The lowest BCUT2D eigenvalue weighted by molar-refractivity contribution is -0.123. The minimum absolute atomic E-state index is 0.138. The molecule has 104 valence electrons. The molecule has 0 aliphatic heterocycles. The van der Waals surface area contributed by atoms with Crippen molar-refractivity contribution in [3.05, 3.63) is 34.9 Å². The average molecular weight is 281 g/mol. The number of hydrogen-bond donors (Lipinski definition) is 2. The molecule has 1 fully saturated rings. The van der Waals surface area contributed by atoms with E-state index >= 15 is 0 Å². The molecule has 2 N–H and O–H groups in total. The highest BCUT2D eigenvalue weighted by Gasteiger charge is 2.51. The summed E-state index contributed by atoms with van der Waals surface area (Å²) in [5.74, 6) is 0.138. The van der Waals surface area contributed by atoms with E-state index in [1.165, 1.54) is 0 Å². The molecule has 0 saturated heterocycles. The maximum atomic E-state index is 12.3. The zero-order valence-electron chi connectivity index (χ0n) is 11.5. The number of halogens is 1. The van der Waals surface area contributed by atoms with E-state index in [-0.39, 0.29) is 11.3 Å². The van der Waals surface area contributed by atoms with E-state index in [0.717, 1.165) is 24.9 Å². The van der Waals surface area contributed by atoms with Gasteiger partial charge in [-0.3, -0.25) is 4.79 Å². The summed E-state index contributed by atoms with van der Waals surface area (Å²) in [5, 5.41) is 7.05. The molecule has 2 rings (SSSR count). The Kier molecular flexibility index (Phi) is 4.48. The van der Waals surface area contributed by atoms with Crippen molar-refractivity contribution in [1.29, 1.82) is 0 Å². The molecular formula is C15H21ClN2O. The molecule has 1 aliphatic carbocycles. The van der Waals surface area contributed by atoms with E-state index in [0.29, 0.717) is 17.6 Å². The van der Waals surface area contributed by atoms with Crippen LogP contribution in [0.3, 0.4) is 0 Å². The van der Waals surface area contributed by atoms with Crippen molar-refractivity contribution in [2.24, 2.45) is 0 Å². The molecule has 1 aliphatic rings. The van der Waals surface area contributed by atoms with Gasteiger partial charge in [0.25, 0.3) is 0 Å². The summed E-state index contributed by atoms with van der Waals surface area (Å²) >= 11 is 5.89. The van der Waals surface area contributed by atoms with Crippen molar-refractivity contribution in [2.75, 3.05) is 13.1 Å². The van der Waals surface area contributed by atoms with Crippen LogP contribution in [0.5, 0.6) is 0 Å². The second-order valence-electron chi connectivity index (χ2n) is 5.26. The molecule has 1 aromatic carbocycles. The van der Waals surface area contributed by atoms with Gasteiger partial charge in [-0.15, -0.1) is 0 Å². The fourth-order valence-corrected chi connectivity index (χ4v) is 2.50. The van der Waals surface area contributed by atoms with Crippen molar-refractivity contribution >= 4 is 17.5 Å². The second-order valence-corrected chi connectivity index (χ2v) is 5.69. The molecule has 19 heavy (non-hydrogen) atoms. The van der Waals surface area contributed by atoms with E-state index in [4.69, 9.17) is 11.6 Å². The Labute approximate surface area is 119 Å². The van der Waals surface area contributed by atoms with Gasteiger partial charge in [-0.25, -0.2) is 0 Å². The van der Waals surface area contributed by atoms with E-state index in [9.17, 15) is 4.79 Å². The van der Waals surface area contributed by atoms with Crippen LogP contribution < -0.4 is 10.6 Å². The van der Waals surface area contributed by atoms with Crippen molar-refractivity contribution in [3.8, 4) is 0 Å². The molecule has 0 bridgehead atoms. The minimum Gasteiger partial charge on any atom is -0.354 e. The summed E-state index contributed by atoms with van der Waals surface area (Å²) < 4.78 is 0. The first-order valence-corrected chi connectivity index (χ1v) is 7.24. The highest BCUT2D eigenvalue weighted by Crippen LogP contribution is 2.48. The van der Waals surface area contributed by atoms with E-state index in [1.54, 1.807) is 0 Å². The SMILES string of the molecule is CCN[C@H](C)CNC(=O)C1(c2ccc(Cl)cc2)CC1. The number of likely N-dealkylation sites (N-methyl/N-ethyl adjacent to an activating group) is 1. The van der Waals surface area contributed by atoms with Crippen LogP contribution in [0.2, 0.25) is 5.02 Å². The fraction of sp³-hybridized carbons (Fsp3) is 0.533. The van der Waals surface area contributed by atoms with Gasteiger partial charge < -0.3 is 10.6 Å². The summed E-state index contributed by atoms with van der Waals surface area (Å²) in [4.78, 5) is 12.3. The van der Waals surface area contributed by atoms with Gasteiger partial charge in [0.2, 0.25) is 5.91 Å². The third-order valence-corrected chi connectivity index (χ3v) is 3.95. The Bertz CT molecular complexity index is 440. The van der Waals surface area contributed by atoms with Crippen LogP contribution >= 0.6 is 11.6 Å². The lowest BCUT2D eigenvalue weighted by Crippen LogP contribution is -2.42. The third-order valence-electron chi connectivity index (χ3n) is 3.70. The maximum absolute atomic E-state index is 12.3. The number of benzene rings is 1. The van der Waals surface area contributed by atoms with Crippen LogP contribution in [0.15, 0.2) is 24.3 Å². The lowest BCUT2D eigenvalue weighted by Gasteiger charge is -2.18. The number of carbonyl (C=O) groups is 1. The van der Waals surface area contributed by atoms with Crippen LogP contribution in [-0.4, -0.2) is 25.0 Å². The van der Waals surface area contributed by atoms with Crippen LogP contribution in [-0.2, 0) is 10.2 Å². The first-order valence-electron chi connectivity index (χ1n) is 6.86.